The van der Waals surface area contributed by atoms with Crippen LogP contribution in [0.15, 0.2) is 48.7 Å². The second-order valence-electron chi connectivity index (χ2n) is 5.06. The Labute approximate surface area is 149 Å². The van der Waals surface area contributed by atoms with Gasteiger partial charge >= 0.3 is 0 Å². The Hall–Kier alpha value is -2.09. The Morgan fingerprint density at radius 2 is 1.83 bits per heavy atom. The van der Waals surface area contributed by atoms with E-state index in [-0.39, 0.29) is 29.8 Å². The molecular formula is C17H14FIN4. The summed E-state index contributed by atoms with van der Waals surface area (Å²) in [6.07, 6.45) is 1.69. The van der Waals surface area contributed by atoms with Crippen LogP contribution in [-0.4, -0.2) is 19.5 Å². The zero-order valence-corrected chi connectivity index (χ0v) is 14.7. The molecule has 0 unspecified atom stereocenters. The first-order valence-corrected chi connectivity index (χ1v) is 7.14. The number of fused-ring (bicyclic) bond motifs is 2. The molecule has 0 aliphatic carbocycles. The van der Waals surface area contributed by atoms with Gasteiger partial charge in [-0.15, -0.1) is 24.0 Å². The third-order valence-electron chi connectivity index (χ3n) is 3.70. The predicted octanol–water partition coefficient (Wildman–Crippen LogP) is 4.42. The molecule has 4 aromatic rings. The molecule has 0 bridgehead atoms. The number of benzene rings is 2. The van der Waals surface area contributed by atoms with Crippen molar-refractivity contribution in [1.82, 2.24) is 19.5 Å². The van der Waals surface area contributed by atoms with Gasteiger partial charge in [-0.05, 0) is 31.2 Å². The van der Waals surface area contributed by atoms with Gasteiger partial charge in [0.05, 0.1) is 28.3 Å². The fourth-order valence-electron chi connectivity index (χ4n) is 2.68. The number of imidazole rings is 1. The minimum Gasteiger partial charge on any atom is -0.323 e. The van der Waals surface area contributed by atoms with Gasteiger partial charge in [0.1, 0.15) is 11.5 Å². The summed E-state index contributed by atoms with van der Waals surface area (Å²) >= 11 is 0. The third-order valence-corrected chi connectivity index (χ3v) is 3.70. The minimum atomic E-state index is -0.317. The molecule has 0 aliphatic heterocycles. The summed E-state index contributed by atoms with van der Waals surface area (Å²) in [4.78, 5) is 13.5. The molecular weight excluding hydrogens is 406 g/mol. The lowest BCUT2D eigenvalue weighted by atomic mass is 10.3. The highest BCUT2D eigenvalue weighted by molar-refractivity contribution is 14.0. The number of para-hydroxylation sites is 2. The van der Waals surface area contributed by atoms with Crippen LogP contribution in [0.2, 0.25) is 0 Å². The zero-order valence-electron chi connectivity index (χ0n) is 12.4. The molecule has 23 heavy (non-hydrogen) atoms. The normalized spacial score (nSPS) is 10.9. The van der Waals surface area contributed by atoms with Crippen molar-refractivity contribution in [2.24, 2.45) is 0 Å². The Morgan fingerprint density at radius 1 is 1.00 bits per heavy atom. The van der Waals surface area contributed by atoms with Crippen LogP contribution in [0.3, 0.4) is 0 Å². The average molecular weight is 420 g/mol. The van der Waals surface area contributed by atoms with E-state index in [1.165, 1.54) is 12.1 Å². The van der Waals surface area contributed by atoms with Crippen LogP contribution in [0.4, 0.5) is 4.39 Å². The summed E-state index contributed by atoms with van der Waals surface area (Å²) in [5.41, 5.74) is 3.83. The van der Waals surface area contributed by atoms with Crippen LogP contribution in [0.5, 0.6) is 0 Å². The molecule has 0 saturated carbocycles. The lowest BCUT2D eigenvalue weighted by Crippen LogP contribution is -2.00. The van der Waals surface area contributed by atoms with Crippen molar-refractivity contribution >= 4 is 46.0 Å². The van der Waals surface area contributed by atoms with Crippen LogP contribution >= 0.6 is 24.0 Å². The molecule has 0 saturated heterocycles. The summed E-state index contributed by atoms with van der Waals surface area (Å²) in [7, 11) is 0. The Bertz CT molecular complexity index is 996. The molecule has 2 heterocycles. The van der Waals surface area contributed by atoms with E-state index in [0.29, 0.717) is 16.7 Å². The monoisotopic (exact) mass is 420 g/mol. The third kappa shape index (κ3) is 2.67. The van der Waals surface area contributed by atoms with E-state index in [4.69, 9.17) is 0 Å². The number of aromatic nitrogens is 4. The Kier molecular flexibility index (Phi) is 4.25. The van der Waals surface area contributed by atoms with Crippen molar-refractivity contribution in [2.75, 3.05) is 0 Å². The summed E-state index contributed by atoms with van der Waals surface area (Å²) in [5.74, 6) is 0.435. The van der Waals surface area contributed by atoms with Crippen molar-refractivity contribution in [1.29, 1.82) is 0 Å². The van der Waals surface area contributed by atoms with E-state index in [1.807, 2.05) is 24.3 Å². The van der Waals surface area contributed by atoms with Gasteiger partial charge in [0, 0.05) is 12.6 Å². The van der Waals surface area contributed by atoms with E-state index < -0.39 is 0 Å². The van der Waals surface area contributed by atoms with Gasteiger partial charge in [-0.2, -0.15) is 0 Å². The molecule has 0 atom stereocenters. The van der Waals surface area contributed by atoms with Crippen LogP contribution in [-0.2, 0) is 6.54 Å². The van der Waals surface area contributed by atoms with Gasteiger partial charge in [-0.25, -0.2) is 14.4 Å². The second-order valence-corrected chi connectivity index (χ2v) is 5.06. The number of hydrogen-bond donors (Lipinski definition) is 0. The van der Waals surface area contributed by atoms with Gasteiger partial charge in [0.15, 0.2) is 5.82 Å². The molecule has 0 fully saturated rings. The molecule has 0 radical (unpaired) electrons. The molecule has 0 N–H and O–H groups in total. The fourth-order valence-corrected chi connectivity index (χ4v) is 2.68. The van der Waals surface area contributed by atoms with E-state index in [0.717, 1.165) is 23.4 Å². The first-order chi connectivity index (χ1) is 10.8. The summed E-state index contributed by atoms with van der Waals surface area (Å²) in [6.45, 7) is 2.84. The molecule has 2 aromatic carbocycles. The molecule has 4 nitrogen and oxygen atoms in total. The maximum Gasteiger partial charge on any atom is 0.161 e. The quantitative estimate of drug-likeness (QED) is 0.451. The predicted molar refractivity (Wildman–Crippen MR) is 99.3 cm³/mol. The van der Waals surface area contributed by atoms with Crippen molar-refractivity contribution in [2.45, 2.75) is 13.5 Å². The van der Waals surface area contributed by atoms with Crippen LogP contribution in [0.25, 0.3) is 33.6 Å². The summed E-state index contributed by atoms with van der Waals surface area (Å²) in [6, 6.07) is 12.4. The molecule has 0 aliphatic rings. The number of hydrogen-bond acceptors (Lipinski definition) is 3. The first-order valence-electron chi connectivity index (χ1n) is 7.14. The van der Waals surface area contributed by atoms with Crippen LogP contribution < -0.4 is 0 Å². The number of rotatable bonds is 2. The van der Waals surface area contributed by atoms with E-state index in [2.05, 4.69) is 26.4 Å². The van der Waals surface area contributed by atoms with Crippen LogP contribution in [0.1, 0.15) is 6.92 Å². The minimum absolute atomic E-state index is 0. The van der Waals surface area contributed by atoms with Crippen molar-refractivity contribution in [3.8, 4) is 11.5 Å². The van der Waals surface area contributed by atoms with E-state index in [1.54, 1.807) is 12.3 Å². The van der Waals surface area contributed by atoms with E-state index >= 15 is 0 Å². The lowest BCUT2D eigenvalue weighted by molar-refractivity contribution is 0.629. The number of halogens is 2. The van der Waals surface area contributed by atoms with Gasteiger partial charge in [-0.1, -0.05) is 12.1 Å². The van der Waals surface area contributed by atoms with E-state index in [9.17, 15) is 4.39 Å². The van der Waals surface area contributed by atoms with Crippen LogP contribution in [0, 0.1) is 5.82 Å². The maximum atomic E-state index is 13.4. The Balaban J connectivity index is 0.00000156. The van der Waals surface area contributed by atoms with Crippen molar-refractivity contribution < 1.29 is 4.39 Å². The highest BCUT2D eigenvalue weighted by Crippen LogP contribution is 2.24. The zero-order chi connectivity index (χ0) is 15.1. The molecule has 0 spiro atoms. The standard InChI is InChI=1S/C17H13FN4.HI/c1-2-22-16-6-4-3-5-13(16)21-17(22)15-10-19-12-8-7-11(18)9-14(12)20-15;/h3-10H,2H2,1H3;1H. The first kappa shape index (κ1) is 15.8. The van der Waals surface area contributed by atoms with Crippen molar-refractivity contribution in [3.63, 3.8) is 0 Å². The van der Waals surface area contributed by atoms with Gasteiger partial charge in [0.25, 0.3) is 0 Å². The molecule has 4 rings (SSSR count). The Morgan fingerprint density at radius 3 is 2.65 bits per heavy atom. The van der Waals surface area contributed by atoms with Gasteiger partial charge in [-0.3, -0.25) is 4.98 Å². The lowest BCUT2D eigenvalue weighted by Gasteiger charge is -2.06. The molecule has 116 valence electrons. The summed E-state index contributed by atoms with van der Waals surface area (Å²) < 4.78 is 15.5. The maximum absolute atomic E-state index is 13.4. The smallest absolute Gasteiger partial charge is 0.161 e. The number of nitrogens with zero attached hydrogens (tertiary/aromatic N) is 4. The van der Waals surface area contributed by atoms with Crippen molar-refractivity contribution in [3.05, 3.63) is 54.5 Å². The van der Waals surface area contributed by atoms with Gasteiger partial charge in [0.2, 0.25) is 0 Å². The highest BCUT2D eigenvalue weighted by atomic mass is 127. The molecule has 6 heteroatoms. The average Bonchev–Trinajstić information content (AvgIpc) is 2.92. The number of aryl methyl sites for hydroxylation is 1. The molecule has 2 aromatic heterocycles. The van der Waals surface area contributed by atoms with Gasteiger partial charge < -0.3 is 4.57 Å². The fraction of sp³-hybridized carbons (Fsp3) is 0.118. The summed E-state index contributed by atoms with van der Waals surface area (Å²) in [5, 5.41) is 0. The second kappa shape index (κ2) is 6.19. The topological polar surface area (TPSA) is 43.6 Å². The SMILES string of the molecule is CCn1c(-c2cnc3ccc(F)cc3n2)nc2ccccc21.I. The molecule has 0 amide bonds. The largest absolute Gasteiger partial charge is 0.323 e. The highest BCUT2D eigenvalue weighted by Gasteiger charge is 2.13.